The minimum atomic E-state index is -2.88. The van der Waals surface area contributed by atoms with E-state index < -0.39 is 33.3 Å². The minimum Gasteiger partial charge on any atom is -0.448 e. The summed E-state index contributed by atoms with van der Waals surface area (Å²) in [5.74, 6) is -2.68. The zero-order valence-corrected chi connectivity index (χ0v) is 18.0. The smallest absolute Gasteiger partial charge is 0.441 e. The quantitative estimate of drug-likeness (QED) is 0.548. The molecule has 0 fully saturated rings. The Morgan fingerprint density at radius 1 is 1.16 bits per heavy atom. The topological polar surface area (TPSA) is 93.5 Å². The summed E-state index contributed by atoms with van der Waals surface area (Å²) in [5.41, 5.74) is 0.531. The molecule has 3 aromatic rings. The van der Waals surface area contributed by atoms with Gasteiger partial charge >= 0.3 is 6.09 Å². The van der Waals surface area contributed by atoms with Gasteiger partial charge in [0.2, 0.25) is 5.95 Å². The van der Waals surface area contributed by atoms with Gasteiger partial charge in [0.15, 0.2) is 5.82 Å². The number of amides is 1. The van der Waals surface area contributed by atoms with Crippen LogP contribution in [0.3, 0.4) is 0 Å². The molecule has 168 valence electrons. The summed E-state index contributed by atoms with van der Waals surface area (Å²) in [6, 6.07) is 9.38. The zero-order valence-electron chi connectivity index (χ0n) is 17.1. The average Bonchev–Trinajstić information content (AvgIpc) is 2.69. The van der Waals surface area contributed by atoms with Crippen LogP contribution >= 0.6 is 0 Å². The molecule has 0 aliphatic carbocycles. The molecule has 0 bridgehead atoms. The van der Waals surface area contributed by atoms with Crippen LogP contribution in [-0.4, -0.2) is 33.1 Å². The van der Waals surface area contributed by atoms with E-state index in [2.05, 4.69) is 19.6 Å². The van der Waals surface area contributed by atoms with E-state index in [1.54, 1.807) is 31.2 Å². The van der Waals surface area contributed by atoms with Crippen LogP contribution in [0.4, 0.5) is 29.6 Å². The fourth-order valence-corrected chi connectivity index (χ4v) is 4.05. The molecule has 0 aliphatic heterocycles. The summed E-state index contributed by atoms with van der Waals surface area (Å²) < 4.78 is 62.3. The van der Waals surface area contributed by atoms with E-state index in [-0.39, 0.29) is 29.6 Å². The number of anilines is 2. The molecule has 7 nitrogen and oxygen atoms in total. The number of carbonyl (C=O) groups is 1. The van der Waals surface area contributed by atoms with Crippen molar-refractivity contribution in [2.45, 2.75) is 12.7 Å². The van der Waals surface area contributed by atoms with E-state index in [9.17, 15) is 22.2 Å². The first-order valence-corrected chi connectivity index (χ1v) is 11.5. The highest BCUT2D eigenvalue weighted by Gasteiger charge is 2.15. The summed E-state index contributed by atoms with van der Waals surface area (Å²) in [6.07, 6.45) is 1.32. The molecule has 0 aliphatic rings. The molecule has 1 unspecified atom stereocenters. The van der Waals surface area contributed by atoms with Crippen LogP contribution in [0, 0.1) is 17.5 Å². The zero-order chi connectivity index (χ0) is 23.3. The van der Waals surface area contributed by atoms with Crippen LogP contribution in [0.1, 0.15) is 12.5 Å². The predicted octanol–water partition coefficient (Wildman–Crippen LogP) is 5.06. The number of hydrogen-bond donors (Lipinski definition) is 1. The lowest BCUT2D eigenvalue weighted by Gasteiger charge is -2.10. The largest absolute Gasteiger partial charge is 0.448 e. The first-order chi connectivity index (χ1) is 15.2. The lowest BCUT2D eigenvalue weighted by molar-refractivity contribution is 0.164. The third-order valence-corrected chi connectivity index (χ3v) is 5.49. The van der Waals surface area contributed by atoms with Crippen LogP contribution in [0.25, 0.3) is 11.3 Å². The number of ether oxygens (including phenoxy) is 1. The van der Waals surface area contributed by atoms with Gasteiger partial charge in [-0.3, -0.25) is 0 Å². The van der Waals surface area contributed by atoms with Crippen molar-refractivity contribution in [3.8, 4) is 11.3 Å². The van der Waals surface area contributed by atoms with Gasteiger partial charge in [-0.25, -0.2) is 32.1 Å². The first kappa shape index (κ1) is 23.2. The van der Waals surface area contributed by atoms with Crippen LogP contribution in [0.15, 0.2) is 53.0 Å². The molecule has 32 heavy (non-hydrogen) atoms. The molecule has 0 saturated carbocycles. The van der Waals surface area contributed by atoms with Crippen LogP contribution < -0.4 is 5.32 Å². The molecular weight excluding hydrogens is 445 g/mol. The SMILES string of the molecule is CCOC(=O)N=S(C)(=O)Cc1cccc(Nc2ncc(F)c(-c3ccc(F)cc3F)n2)c1. The van der Waals surface area contributed by atoms with Gasteiger partial charge in [0.1, 0.15) is 17.3 Å². The van der Waals surface area contributed by atoms with Crippen molar-refractivity contribution >= 4 is 27.5 Å². The van der Waals surface area contributed by atoms with E-state index in [1.165, 1.54) is 6.26 Å². The summed E-state index contributed by atoms with van der Waals surface area (Å²) >= 11 is 0. The van der Waals surface area contributed by atoms with Gasteiger partial charge in [-0.15, -0.1) is 4.36 Å². The number of nitrogens with zero attached hydrogens (tertiary/aromatic N) is 3. The summed E-state index contributed by atoms with van der Waals surface area (Å²) in [6.45, 7) is 1.74. The number of nitrogens with one attached hydrogen (secondary N) is 1. The standard InChI is InChI=1S/C21H19F3N4O3S/c1-3-31-21(29)28-32(2,30)12-13-5-4-6-15(9-13)26-20-25-11-18(24)19(27-20)16-8-7-14(22)10-17(16)23/h4-11H,3,12H2,1-2H3,(H,25,26,27). The molecule has 0 radical (unpaired) electrons. The number of aromatic nitrogens is 2. The monoisotopic (exact) mass is 464 g/mol. The molecule has 1 N–H and O–H groups in total. The highest BCUT2D eigenvalue weighted by Crippen LogP contribution is 2.26. The Bertz CT molecular complexity index is 1280. The maximum atomic E-state index is 14.2. The molecule has 2 aromatic carbocycles. The van der Waals surface area contributed by atoms with E-state index in [0.29, 0.717) is 17.3 Å². The second-order valence-corrected chi connectivity index (χ2v) is 9.12. The van der Waals surface area contributed by atoms with Gasteiger partial charge < -0.3 is 10.1 Å². The van der Waals surface area contributed by atoms with Gasteiger partial charge in [0.25, 0.3) is 0 Å². The first-order valence-electron chi connectivity index (χ1n) is 9.37. The highest BCUT2D eigenvalue weighted by molar-refractivity contribution is 7.92. The van der Waals surface area contributed by atoms with E-state index >= 15 is 0 Å². The van der Waals surface area contributed by atoms with E-state index in [1.807, 2.05) is 0 Å². The van der Waals surface area contributed by atoms with Crippen molar-refractivity contribution in [1.82, 2.24) is 9.97 Å². The molecule has 1 atom stereocenters. The van der Waals surface area contributed by atoms with Gasteiger partial charge in [0.05, 0.1) is 28.3 Å². The fraction of sp³-hybridized carbons (Fsp3) is 0.190. The number of hydrogen-bond acceptors (Lipinski definition) is 6. The van der Waals surface area contributed by atoms with Crippen LogP contribution in [0.2, 0.25) is 0 Å². The summed E-state index contributed by atoms with van der Waals surface area (Å²) in [7, 11) is -2.88. The van der Waals surface area contributed by atoms with Crippen LogP contribution in [-0.2, 0) is 20.2 Å². The van der Waals surface area contributed by atoms with Crippen molar-refractivity contribution in [3.05, 3.63) is 71.7 Å². The van der Waals surface area contributed by atoms with Gasteiger partial charge in [-0.05, 0) is 36.8 Å². The van der Waals surface area contributed by atoms with Crippen molar-refractivity contribution in [2.24, 2.45) is 4.36 Å². The molecule has 11 heteroatoms. The second-order valence-electron chi connectivity index (χ2n) is 6.73. The van der Waals surface area contributed by atoms with Crippen LogP contribution in [0.5, 0.6) is 0 Å². The maximum absolute atomic E-state index is 14.2. The Balaban J connectivity index is 1.84. The van der Waals surface area contributed by atoms with Crippen molar-refractivity contribution in [2.75, 3.05) is 18.2 Å². The second kappa shape index (κ2) is 9.77. The number of rotatable bonds is 6. The number of carbonyl (C=O) groups excluding carboxylic acids is 1. The Hall–Kier alpha value is -3.47. The molecule has 1 amide bonds. The Morgan fingerprint density at radius 3 is 2.66 bits per heavy atom. The molecule has 3 rings (SSSR count). The van der Waals surface area contributed by atoms with Gasteiger partial charge in [-0.2, -0.15) is 0 Å². The molecule has 0 saturated heterocycles. The minimum absolute atomic E-state index is 0.0162. The molecular formula is C21H19F3N4O3S. The third-order valence-electron chi connectivity index (χ3n) is 4.08. The normalized spacial score (nSPS) is 12.7. The Labute approximate surface area is 182 Å². The van der Waals surface area contributed by atoms with Gasteiger partial charge in [-0.1, -0.05) is 12.1 Å². The Morgan fingerprint density at radius 2 is 1.94 bits per heavy atom. The van der Waals surface area contributed by atoms with E-state index in [0.717, 1.165) is 18.3 Å². The number of benzene rings is 2. The summed E-state index contributed by atoms with van der Waals surface area (Å²) in [4.78, 5) is 19.3. The number of halogens is 3. The van der Waals surface area contributed by atoms with Crippen molar-refractivity contribution in [1.29, 1.82) is 0 Å². The van der Waals surface area contributed by atoms with Crippen molar-refractivity contribution in [3.63, 3.8) is 0 Å². The van der Waals surface area contributed by atoms with E-state index in [4.69, 9.17) is 4.74 Å². The molecule has 1 aromatic heterocycles. The third kappa shape index (κ3) is 6.03. The lowest BCUT2D eigenvalue weighted by Crippen LogP contribution is -2.07. The highest BCUT2D eigenvalue weighted by atomic mass is 32.2. The fourth-order valence-electron chi connectivity index (χ4n) is 2.81. The van der Waals surface area contributed by atoms with Crippen molar-refractivity contribution < 1.29 is 26.9 Å². The maximum Gasteiger partial charge on any atom is 0.441 e. The van der Waals surface area contributed by atoms with Gasteiger partial charge in [0, 0.05) is 23.6 Å². The predicted molar refractivity (Wildman–Crippen MR) is 114 cm³/mol. The lowest BCUT2D eigenvalue weighted by atomic mass is 10.1. The molecule has 1 heterocycles. The Kier molecular flexibility index (Phi) is 7.08. The molecule has 0 spiro atoms. The summed E-state index contributed by atoms with van der Waals surface area (Å²) in [5, 5.41) is 2.86. The average molecular weight is 464 g/mol.